The van der Waals surface area contributed by atoms with Gasteiger partial charge in [-0.15, -0.1) is 0 Å². The molecule has 4 saturated carbocycles. The van der Waals surface area contributed by atoms with Crippen LogP contribution in [0.25, 0.3) is 0 Å². The maximum atomic E-state index is 5.72. The zero-order valence-electron chi connectivity index (χ0n) is 10.3. The number of nitrogens with two attached hydrogens (primary N) is 1. The summed E-state index contributed by atoms with van der Waals surface area (Å²) in [5, 5.41) is 3.94. The fourth-order valence-corrected chi connectivity index (χ4v) is 6.06. The average molecular weight is 238 g/mol. The van der Waals surface area contributed by atoms with Crippen molar-refractivity contribution in [1.29, 1.82) is 0 Å². The van der Waals surface area contributed by atoms with Crippen LogP contribution in [-0.4, -0.2) is 10.7 Å². The minimum Gasteiger partial charge on any atom is -0.376 e. The van der Waals surface area contributed by atoms with Gasteiger partial charge >= 0.3 is 0 Å². The Labute approximate surface area is 103 Å². The maximum Gasteiger partial charge on any atom is 0.164 e. The molecule has 2 unspecified atom stereocenters. The molecule has 0 aromatic carbocycles. The molecule has 4 fully saturated rings. The Balaban J connectivity index is 1.95. The van der Waals surface area contributed by atoms with Crippen molar-refractivity contribution < 1.29 is 0 Å². The van der Waals surface area contributed by atoms with Crippen molar-refractivity contribution in [1.82, 2.24) is 5.32 Å². The number of thiocarbonyl (C=S) groups is 1. The molecular formula is C13H22N2S. The normalized spacial score (nSPS) is 54.0. The summed E-state index contributed by atoms with van der Waals surface area (Å²) in [5.74, 6) is 0.896. The highest BCUT2D eigenvalue weighted by molar-refractivity contribution is 7.80. The van der Waals surface area contributed by atoms with Crippen LogP contribution in [0.2, 0.25) is 0 Å². The lowest BCUT2D eigenvalue weighted by Crippen LogP contribution is -2.65. The van der Waals surface area contributed by atoms with E-state index in [9.17, 15) is 0 Å². The Bertz CT molecular complexity index is 334. The molecular weight excluding hydrogens is 216 g/mol. The number of nitrogens with one attached hydrogen (secondary N) is 1. The molecule has 3 N–H and O–H groups in total. The molecule has 0 aromatic heterocycles. The van der Waals surface area contributed by atoms with Crippen molar-refractivity contribution in [3.63, 3.8) is 0 Å². The van der Waals surface area contributed by atoms with Crippen molar-refractivity contribution in [2.45, 2.75) is 57.9 Å². The van der Waals surface area contributed by atoms with Gasteiger partial charge in [-0.1, -0.05) is 13.8 Å². The predicted octanol–water partition coefficient (Wildman–Crippen LogP) is 2.57. The summed E-state index contributed by atoms with van der Waals surface area (Å²) in [7, 11) is 0. The van der Waals surface area contributed by atoms with E-state index in [-0.39, 0.29) is 5.54 Å². The minimum absolute atomic E-state index is 0.231. The molecule has 3 heteroatoms. The summed E-state index contributed by atoms with van der Waals surface area (Å²) in [4.78, 5) is 0. The fraction of sp³-hybridized carbons (Fsp3) is 0.923. The summed E-state index contributed by atoms with van der Waals surface area (Å²) in [6, 6.07) is 0. The zero-order valence-corrected chi connectivity index (χ0v) is 11.1. The second-order valence-corrected chi connectivity index (χ2v) is 7.84. The third-order valence-corrected chi connectivity index (χ3v) is 5.12. The predicted molar refractivity (Wildman–Crippen MR) is 70.1 cm³/mol. The first-order valence-electron chi connectivity index (χ1n) is 6.40. The van der Waals surface area contributed by atoms with Crippen LogP contribution in [0.5, 0.6) is 0 Å². The molecule has 0 spiro atoms. The summed E-state index contributed by atoms with van der Waals surface area (Å²) < 4.78 is 0. The van der Waals surface area contributed by atoms with E-state index in [0.717, 1.165) is 5.92 Å². The van der Waals surface area contributed by atoms with Gasteiger partial charge in [-0.25, -0.2) is 0 Å². The largest absolute Gasteiger partial charge is 0.376 e. The smallest absolute Gasteiger partial charge is 0.164 e. The van der Waals surface area contributed by atoms with Gasteiger partial charge in [-0.2, -0.15) is 0 Å². The highest BCUT2D eigenvalue weighted by atomic mass is 32.1. The number of hydrogen-bond acceptors (Lipinski definition) is 1. The first kappa shape index (κ1) is 10.8. The molecule has 4 atom stereocenters. The summed E-state index contributed by atoms with van der Waals surface area (Å²) >= 11 is 5.07. The molecule has 4 rings (SSSR count). The summed E-state index contributed by atoms with van der Waals surface area (Å²) in [6.07, 6.45) is 8.06. The quantitative estimate of drug-likeness (QED) is 0.690. The van der Waals surface area contributed by atoms with Gasteiger partial charge in [0.05, 0.1) is 0 Å². The first-order chi connectivity index (χ1) is 7.32. The number of rotatable bonds is 1. The van der Waals surface area contributed by atoms with Crippen LogP contribution in [0.3, 0.4) is 0 Å². The minimum atomic E-state index is 0.231. The van der Waals surface area contributed by atoms with Gasteiger partial charge in [0.2, 0.25) is 0 Å². The second-order valence-electron chi connectivity index (χ2n) is 7.40. The second kappa shape index (κ2) is 2.92. The maximum absolute atomic E-state index is 5.72. The standard InChI is InChI=1S/C13H22N2S/c1-11-3-9-4-12(2,6-11)8-13(5-9,7-11)15-10(14)16/h9H,3-8H2,1-2H3,(H3,14,15,16)/t9?,11-,12+,13?. The lowest BCUT2D eigenvalue weighted by molar-refractivity contribution is -0.111. The van der Waals surface area contributed by atoms with Crippen LogP contribution < -0.4 is 11.1 Å². The van der Waals surface area contributed by atoms with Crippen LogP contribution in [0, 0.1) is 16.7 Å². The Hall–Kier alpha value is -0.310. The number of hydrogen-bond donors (Lipinski definition) is 2. The monoisotopic (exact) mass is 238 g/mol. The van der Waals surface area contributed by atoms with Crippen LogP contribution in [0.1, 0.15) is 52.4 Å². The fourth-order valence-electron chi connectivity index (χ4n) is 5.85. The van der Waals surface area contributed by atoms with Crippen molar-refractivity contribution >= 4 is 17.3 Å². The van der Waals surface area contributed by atoms with Crippen molar-refractivity contribution in [2.75, 3.05) is 0 Å². The molecule has 90 valence electrons. The highest BCUT2D eigenvalue weighted by Crippen LogP contribution is 2.66. The van der Waals surface area contributed by atoms with E-state index in [4.69, 9.17) is 18.0 Å². The van der Waals surface area contributed by atoms with Crippen LogP contribution >= 0.6 is 12.2 Å². The van der Waals surface area contributed by atoms with Gasteiger partial charge in [-0.3, -0.25) is 0 Å². The van der Waals surface area contributed by atoms with E-state index in [0.29, 0.717) is 15.9 Å². The van der Waals surface area contributed by atoms with E-state index in [1.807, 2.05) is 0 Å². The van der Waals surface area contributed by atoms with Crippen LogP contribution in [-0.2, 0) is 0 Å². The van der Waals surface area contributed by atoms with Gasteiger partial charge < -0.3 is 11.1 Å². The Morgan fingerprint density at radius 3 is 2.12 bits per heavy atom. The highest BCUT2D eigenvalue weighted by Gasteiger charge is 2.60. The third-order valence-electron chi connectivity index (χ3n) is 5.01. The molecule has 16 heavy (non-hydrogen) atoms. The Morgan fingerprint density at radius 1 is 1.12 bits per heavy atom. The molecule has 2 nitrogen and oxygen atoms in total. The Kier molecular flexibility index (Phi) is 1.98. The summed E-state index contributed by atoms with van der Waals surface area (Å²) in [5.41, 5.74) is 7.02. The third kappa shape index (κ3) is 1.55. The van der Waals surface area contributed by atoms with Gasteiger partial charge in [-0.05, 0) is 67.5 Å². The van der Waals surface area contributed by atoms with Gasteiger partial charge in [0.15, 0.2) is 5.11 Å². The molecule has 4 bridgehead atoms. The molecule has 0 saturated heterocycles. The molecule has 0 heterocycles. The lowest BCUT2D eigenvalue weighted by Gasteiger charge is -2.65. The molecule has 0 aromatic rings. The van der Waals surface area contributed by atoms with Crippen LogP contribution in [0.15, 0.2) is 0 Å². The van der Waals surface area contributed by atoms with Gasteiger partial charge in [0.25, 0.3) is 0 Å². The molecule has 4 aliphatic carbocycles. The van der Waals surface area contributed by atoms with Gasteiger partial charge in [0.1, 0.15) is 0 Å². The van der Waals surface area contributed by atoms with E-state index in [2.05, 4.69) is 19.2 Å². The lowest BCUT2D eigenvalue weighted by atomic mass is 9.43. The first-order valence-corrected chi connectivity index (χ1v) is 6.81. The van der Waals surface area contributed by atoms with E-state index in [1.165, 1.54) is 38.5 Å². The average Bonchev–Trinajstić information content (AvgIpc) is 1.91. The Morgan fingerprint density at radius 2 is 1.69 bits per heavy atom. The van der Waals surface area contributed by atoms with Crippen LogP contribution in [0.4, 0.5) is 0 Å². The molecule has 0 amide bonds. The SMILES string of the molecule is C[C@]12CC3CC(NC(N)=S)(C1)C[C@@](C)(C3)C2. The van der Waals surface area contributed by atoms with E-state index < -0.39 is 0 Å². The van der Waals surface area contributed by atoms with Crippen molar-refractivity contribution in [3.8, 4) is 0 Å². The zero-order chi connectivity index (χ0) is 11.6. The van der Waals surface area contributed by atoms with E-state index >= 15 is 0 Å². The van der Waals surface area contributed by atoms with Crippen molar-refractivity contribution in [2.24, 2.45) is 22.5 Å². The van der Waals surface area contributed by atoms with Gasteiger partial charge in [0, 0.05) is 5.54 Å². The molecule has 4 aliphatic rings. The van der Waals surface area contributed by atoms with Crippen molar-refractivity contribution in [3.05, 3.63) is 0 Å². The van der Waals surface area contributed by atoms with E-state index in [1.54, 1.807) is 0 Å². The topological polar surface area (TPSA) is 38.0 Å². The molecule has 0 aliphatic heterocycles. The molecule has 0 radical (unpaired) electrons. The summed E-state index contributed by atoms with van der Waals surface area (Å²) in [6.45, 7) is 4.93.